The van der Waals surface area contributed by atoms with E-state index in [2.05, 4.69) is 4.98 Å². The number of ether oxygens (including phenoxy) is 1. The molecule has 1 aliphatic rings. The first-order chi connectivity index (χ1) is 8.47. The van der Waals surface area contributed by atoms with E-state index in [-0.39, 0.29) is 11.5 Å². The van der Waals surface area contributed by atoms with E-state index >= 15 is 0 Å². The van der Waals surface area contributed by atoms with E-state index in [1.54, 1.807) is 0 Å². The second kappa shape index (κ2) is 4.53. The van der Waals surface area contributed by atoms with Gasteiger partial charge in [0.1, 0.15) is 24.1 Å². The molecule has 1 aromatic rings. The first-order valence-corrected chi connectivity index (χ1v) is 5.22. The molecule has 0 unspecified atom stereocenters. The number of aromatic nitrogens is 2. The number of hydrogen-bond donors (Lipinski definition) is 5. The molecule has 9 nitrogen and oxygen atoms in total. The van der Waals surface area contributed by atoms with Gasteiger partial charge in [-0.3, -0.25) is 9.36 Å². The molecule has 0 radical (unpaired) electrons. The fourth-order valence-electron chi connectivity index (χ4n) is 1.87. The lowest BCUT2D eigenvalue weighted by molar-refractivity contribution is -0.0518. The molecule has 1 fully saturated rings. The number of carbonyl (C=O) groups is 1. The van der Waals surface area contributed by atoms with Gasteiger partial charge in [0.25, 0.3) is 5.91 Å². The van der Waals surface area contributed by atoms with Gasteiger partial charge in [0.15, 0.2) is 11.9 Å². The molecule has 1 amide bonds. The molecule has 7 N–H and O–H groups in total. The van der Waals surface area contributed by atoms with Crippen LogP contribution in [-0.4, -0.2) is 55.7 Å². The molecule has 0 aromatic carbocycles. The third kappa shape index (κ3) is 1.82. The molecule has 1 aromatic heterocycles. The first kappa shape index (κ1) is 12.8. The highest BCUT2D eigenvalue weighted by molar-refractivity contribution is 5.95. The van der Waals surface area contributed by atoms with Crippen molar-refractivity contribution < 1.29 is 24.9 Å². The Morgan fingerprint density at radius 1 is 1.50 bits per heavy atom. The first-order valence-electron chi connectivity index (χ1n) is 5.22. The van der Waals surface area contributed by atoms with Crippen LogP contribution in [0.25, 0.3) is 0 Å². The van der Waals surface area contributed by atoms with Crippen LogP contribution in [0.3, 0.4) is 0 Å². The summed E-state index contributed by atoms with van der Waals surface area (Å²) in [4.78, 5) is 14.7. The summed E-state index contributed by atoms with van der Waals surface area (Å²) >= 11 is 0. The van der Waals surface area contributed by atoms with Gasteiger partial charge in [-0.2, -0.15) is 0 Å². The van der Waals surface area contributed by atoms with Crippen LogP contribution in [-0.2, 0) is 4.74 Å². The SMILES string of the molecule is NC(=O)c1ncn([C@@H]2O[C@@H](CO)[C@H](O)[C@@H]2O)c1N. The largest absolute Gasteiger partial charge is 0.394 e. The van der Waals surface area contributed by atoms with Crippen molar-refractivity contribution in [3.05, 3.63) is 12.0 Å². The predicted molar refractivity (Wildman–Crippen MR) is 58.2 cm³/mol. The highest BCUT2D eigenvalue weighted by Crippen LogP contribution is 2.31. The number of aliphatic hydroxyl groups excluding tert-OH is 3. The van der Waals surface area contributed by atoms with Crippen LogP contribution in [0, 0.1) is 0 Å². The highest BCUT2D eigenvalue weighted by Gasteiger charge is 2.44. The van der Waals surface area contributed by atoms with Crippen LogP contribution in [0.4, 0.5) is 5.82 Å². The minimum Gasteiger partial charge on any atom is -0.394 e. The van der Waals surface area contributed by atoms with Crippen molar-refractivity contribution in [2.45, 2.75) is 24.5 Å². The lowest BCUT2D eigenvalue weighted by atomic mass is 10.1. The highest BCUT2D eigenvalue weighted by atomic mass is 16.6. The molecule has 2 heterocycles. The Bertz CT molecular complexity index is 462. The Labute approximate surface area is 102 Å². The quantitative estimate of drug-likeness (QED) is 0.391. The molecule has 18 heavy (non-hydrogen) atoms. The van der Waals surface area contributed by atoms with Gasteiger partial charge < -0.3 is 31.5 Å². The molecule has 100 valence electrons. The van der Waals surface area contributed by atoms with Crippen LogP contribution >= 0.6 is 0 Å². The molecule has 0 bridgehead atoms. The minimum absolute atomic E-state index is 0.0719. The minimum atomic E-state index is -1.29. The maximum Gasteiger partial charge on any atom is 0.271 e. The summed E-state index contributed by atoms with van der Waals surface area (Å²) in [5.41, 5.74) is 10.6. The van der Waals surface area contributed by atoms with Gasteiger partial charge in [-0.1, -0.05) is 0 Å². The summed E-state index contributed by atoms with van der Waals surface area (Å²) in [7, 11) is 0. The van der Waals surface area contributed by atoms with Gasteiger partial charge in [-0.05, 0) is 0 Å². The second-order valence-electron chi connectivity index (χ2n) is 3.98. The van der Waals surface area contributed by atoms with Gasteiger partial charge in [-0.15, -0.1) is 0 Å². The van der Waals surface area contributed by atoms with Crippen LogP contribution in [0.1, 0.15) is 16.7 Å². The third-order valence-electron chi connectivity index (χ3n) is 2.86. The molecule has 2 rings (SSSR count). The molecule has 0 saturated carbocycles. The maximum absolute atomic E-state index is 11.0. The van der Waals surface area contributed by atoms with Crippen LogP contribution in [0.5, 0.6) is 0 Å². The van der Waals surface area contributed by atoms with Crippen LogP contribution < -0.4 is 11.5 Å². The second-order valence-corrected chi connectivity index (χ2v) is 3.98. The molecular formula is C9H14N4O5. The van der Waals surface area contributed by atoms with Gasteiger partial charge in [0.2, 0.25) is 0 Å². The van der Waals surface area contributed by atoms with E-state index in [4.69, 9.17) is 21.3 Å². The average molecular weight is 258 g/mol. The van der Waals surface area contributed by atoms with Gasteiger partial charge >= 0.3 is 0 Å². The number of nitrogen functional groups attached to an aromatic ring is 1. The van der Waals surface area contributed by atoms with Crippen LogP contribution in [0.15, 0.2) is 6.33 Å². The van der Waals surface area contributed by atoms with E-state index in [1.165, 1.54) is 10.9 Å². The zero-order chi connectivity index (χ0) is 13.4. The number of anilines is 1. The summed E-state index contributed by atoms with van der Waals surface area (Å²) in [6.07, 6.45) is -3.32. The van der Waals surface area contributed by atoms with Crippen molar-refractivity contribution in [1.82, 2.24) is 9.55 Å². The number of nitrogens with zero attached hydrogens (tertiary/aromatic N) is 2. The number of nitrogens with two attached hydrogens (primary N) is 2. The Morgan fingerprint density at radius 3 is 2.61 bits per heavy atom. The Hall–Kier alpha value is -1.68. The summed E-state index contributed by atoms with van der Waals surface area (Å²) in [5, 5.41) is 28.3. The van der Waals surface area contributed by atoms with Crippen molar-refractivity contribution in [3.8, 4) is 0 Å². The van der Waals surface area contributed by atoms with E-state index in [0.717, 1.165) is 0 Å². The molecule has 0 spiro atoms. The molecule has 1 aliphatic heterocycles. The topological polar surface area (TPSA) is 157 Å². The summed E-state index contributed by atoms with van der Waals surface area (Å²) in [6.45, 7) is -0.452. The smallest absolute Gasteiger partial charge is 0.271 e. The lowest BCUT2D eigenvalue weighted by Crippen LogP contribution is -2.33. The average Bonchev–Trinajstić information content (AvgIpc) is 2.82. The van der Waals surface area contributed by atoms with E-state index < -0.39 is 37.1 Å². The zero-order valence-electron chi connectivity index (χ0n) is 9.30. The van der Waals surface area contributed by atoms with Crippen molar-refractivity contribution in [2.24, 2.45) is 5.73 Å². The normalized spacial score (nSPS) is 31.7. The number of rotatable bonds is 3. The molecular weight excluding hydrogens is 244 g/mol. The molecule has 0 aliphatic carbocycles. The number of imidazole rings is 1. The molecule has 9 heteroatoms. The van der Waals surface area contributed by atoms with Gasteiger partial charge in [-0.25, -0.2) is 4.98 Å². The zero-order valence-corrected chi connectivity index (χ0v) is 9.30. The molecule has 4 atom stereocenters. The van der Waals surface area contributed by atoms with E-state index in [1.807, 2.05) is 0 Å². The molecule has 1 saturated heterocycles. The monoisotopic (exact) mass is 258 g/mol. The van der Waals surface area contributed by atoms with Crippen molar-refractivity contribution in [2.75, 3.05) is 12.3 Å². The third-order valence-corrected chi connectivity index (χ3v) is 2.86. The van der Waals surface area contributed by atoms with E-state index in [9.17, 15) is 15.0 Å². The number of carbonyl (C=O) groups excluding carboxylic acids is 1. The maximum atomic E-state index is 11.0. The fourth-order valence-corrected chi connectivity index (χ4v) is 1.87. The number of primary amides is 1. The standard InChI is InChI=1S/C9H14N4O5/c10-7-4(8(11)17)12-2-13(7)9-6(16)5(15)3(1-14)18-9/h2-3,5-6,9,14-16H,1,10H2,(H2,11,17)/t3-,5-,6-,9+/m0/s1. The number of aliphatic hydroxyl groups is 3. The van der Waals surface area contributed by atoms with Crippen molar-refractivity contribution >= 4 is 11.7 Å². The number of hydrogen-bond acceptors (Lipinski definition) is 7. The fraction of sp³-hybridized carbons (Fsp3) is 0.556. The number of amides is 1. The lowest BCUT2D eigenvalue weighted by Gasteiger charge is -2.17. The summed E-state index contributed by atoms with van der Waals surface area (Å²) < 4.78 is 6.42. The summed E-state index contributed by atoms with van der Waals surface area (Å²) in [5.74, 6) is -0.879. The predicted octanol–water partition coefficient (Wildman–Crippen LogP) is -2.82. The Balaban J connectivity index is 2.30. The Morgan fingerprint density at radius 2 is 2.17 bits per heavy atom. The Kier molecular flexibility index (Phi) is 3.22. The van der Waals surface area contributed by atoms with Gasteiger partial charge in [0, 0.05) is 0 Å². The van der Waals surface area contributed by atoms with Gasteiger partial charge in [0.05, 0.1) is 12.9 Å². The van der Waals surface area contributed by atoms with Crippen LogP contribution in [0.2, 0.25) is 0 Å². The van der Waals surface area contributed by atoms with Crippen molar-refractivity contribution in [1.29, 1.82) is 0 Å². The summed E-state index contributed by atoms with van der Waals surface area (Å²) in [6, 6.07) is 0. The van der Waals surface area contributed by atoms with E-state index in [0.29, 0.717) is 0 Å². The van der Waals surface area contributed by atoms with Crippen molar-refractivity contribution in [3.63, 3.8) is 0 Å².